The molecule has 0 aromatic heterocycles. The molecule has 0 aliphatic carbocycles. The van der Waals surface area contributed by atoms with E-state index in [1.54, 1.807) is 11.8 Å². The van der Waals surface area contributed by atoms with E-state index >= 15 is 0 Å². The number of hydrogen-bond donors (Lipinski definition) is 1. The lowest BCUT2D eigenvalue weighted by molar-refractivity contribution is -0.128. The smallest absolute Gasteiger partial charge is 0.232 e. The number of carbonyl (C=O) groups excluding carboxylic acids is 1. The van der Waals surface area contributed by atoms with E-state index in [4.69, 9.17) is 5.73 Å². The van der Waals surface area contributed by atoms with Crippen molar-refractivity contribution in [3.8, 4) is 0 Å². The molecular weight excluding hydrogens is 304 g/mol. The summed E-state index contributed by atoms with van der Waals surface area (Å²) in [5, 5.41) is 0. The lowest BCUT2D eigenvalue weighted by atomic mass is 10.1. The molecule has 118 valence electrons. The molecule has 1 saturated heterocycles. The molecular formula is C16H25ClN2OS. The number of rotatable bonds is 5. The standard InChI is InChI=1S/C16H24N2OS.ClH/c1-12-3-5-14(6-4-12)10-20-11-16(19)18-9-15(8-17)7-13(18)2;/h3-6,13,15H,7-11,17H2,1-2H3;1H. The molecule has 1 heterocycles. The quantitative estimate of drug-likeness (QED) is 0.904. The molecule has 1 amide bonds. The van der Waals surface area contributed by atoms with Gasteiger partial charge in [-0.2, -0.15) is 0 Å². The number of thioether (sulfide) groups is 1. The summed E-state index contributed by atoms with van der Waals surface area (Å²) < 4.78 is 0. The molecule has 21 heavy (non-hydrogen) atoms. The molecule has 0 spiro atoms. The molecule has 1 aromatic rings. The third-order valence-corrected chi connectivity index (χ3v) is 4.92. The molecule has 0 bridgehead atoms. The minimum atomic E-state index is 0. The molecule has 2 N–H and O–H groups in total. The van der Waals surface area contributed by atoms with E-state index in [0.29, 0.717) is 24.3 Å². The Morgan fingerprint density at radius 3 is 2.62 bits per heavy atom. The van der Waals surface area contributed by atoms with Crippen LogP contribution in [0.5, 0.6) is 0 Å². The summed E-state index contributed by atoms with van der Waals surface area (Å²) in [6.07, 6.45) is 1.05. The summed E-state index contributed by atoms with van der Waals surface area (Å²) in [4.78, 5) is 14.2. The molecule has 0 radical (unpaired) electrons. The van der Waals surface area contributed by atoms with E-state index in [1.807, 2.05) is 4.90 Å². The second kappa shape index (κ2) is 8.66. The van der Waals surface area contributed by atoms with Crippen molar-refractivity contribution >= 4 is 30.1 Å². The summed E-state index contributed by atoms with van der Waals surface area (Å²) in [6, 6.07) is 8.85. The Kier molecular flexibility index (Phi) is 7.57. The second-order valence-corrected chi connectivity index (χ2v) is 6.70. The first kappa shape index (κ1) is 18.3. The van der Waals surface area contributed by atoms with Gasteiger partial charge in [-0.15, -0.1) is 24.2 Å². The van der Waals surface area contributed by atoms with Crippen LogP contribution in [-0.4, -0.2) is 35.7 Å². The molecule has 1 aliphatic rings. The molecule has 1 aromatic carbocycles. The van der Waals surface area contributed by atoms with Gasteiger partial charge in [-0.1, -0.05) is 29.8 Å². The zero-order valence-electron chi connectivity index (χ0n) is 12.7. The van der Waals surface area contributed by atoms with Crippen molar-refractivity contribution in [3.63, 3.8) is 0 Å². The van der Waals surface area contributed by atoms with Crippen LogP contribution < -0.4 is 5.73 Å². The Hall–Kier alpha value is -0.710. The zero-order chi connectivity index (χ0) is 14.5. The molecule has 2 atom stereocenters. The Balaban J connectivity index is 0.00000220. The van der Waals surface area contributed by atoms with Crippen LogP contribution in [0, 0.1) is 12.8 Å². The highest BCUT2D eigenvalue weighted by molar-refractivity contribution is 7.99. The summed E-state index contributed by atoms with van der Waals surface area (Å²) in [5.41, 5.74) is 8.26. The minimum Gasteiger partial charge on any atom is -0.339 e. The van der Waals surface area contributed by atoms with Gasteiger partial charge in [0.15, 0.2) is 0 Å². The van der Waals surface area contributed by atoms with Gasteiger partial charge in [-0.25, -0.2) is 0 Å². The topological polar surface area (TPSA) is 46.3 Å². The van der Waals surface area contributed by atoms with Gasteiger partial charge in [0.2, 0.25) is 5.91 Å². The van der Waals surface area contributed by atoms with Crippen LogP contribution in [0.1, 0.15) is 24.5 Å². The van der Waals surface area contributed by atoms with Crippen LogP contribution in [-0.2, 0) is 10.5 Å². The lowest BCUT2D eigenvalue weighted by Gasteiger charge is -2.21. The predicted molar refractivity (Wildman–Crippen MR) is 92.9 cm³/mol. The van der Waals surface area contributed by atoms with E-state index in [0.717, 1.165) is 18.7 Å². The summed E-state index contributed by atoms with van der Waals surface area (Å²) >= 11 is 1.70. The van der Waals surface area contributed by atoms with Crippen molar-refractivity contribution in [2.24, 2.45) is 11.7 Å². The average Bonchev–Trinajstić information content (AvgIpc) is 2.82. The fraction of sp³-hybridized carbons (Fsp3) is 0.562. The number of nitrogens with zero attached hydrogens (tertiary/aromatic N) is 1. The van der Waals surface area contributed by atoms with Gasteiger partial charge in [0.05, 0.1) is 5.75 Å². The lowest BCUT2D eigenvalue weighted by Crippen LogP contribution is -2.35. The third kappa shape index (κ3) is 5.20. The second-order valence-electron chi connectivity index (χ2n) is 5.71. The van der Waals surface area contributed by atoms with Gasteiger partial charge in [0.1, 0.15) is 0 Å². The number of likely N-dealkylation sites (tertiary alicyclic amines) is 1. The first-order valence-corrected chi connectivity index (χ1v) is 8.38. The number of halogens is 1. The van der Waals surface area contributed by atoms with E-state index < -0.39 is 0 Å². The number of carbonyl (C=O) groups is 1. The highest BCUT2D eigenvalue weighted by atomic mass is 35.5. The predicted octanol–water partition coefficient (Wildman–Crippen LogP) is 2.85. The first-order valence-electron chi connectivity index (χ1n) is 7.23. The number of amides is 1. The van der Waals surface area contributed by atoms with Crippen molar-refractivity contribution in [3.05, 3.63) is 35.4 Å². The van der Waals surface area contributed by atoms with Crippen molar-refractivity contribution in [1.29, 1.82) is 0 Å². The van der Waals surface area contributed by atoms with Crippen LogP contribution in [0.2, 0.25) is 0 Å². The van der Waals surface area contributed by atoms with Crippen molar-refractivity contribution in [1.82, 2.24) is 4.90 Å². The highest BCUT2D eigenvalue weighted by Gasteiger charge is 2.31. The molecule has 3 nitrogen and oxygen atoms in total. The van der Waals surface area contributed by atoms with Gasteiger partial charge in [0.25, 0.3) is 0 Å². The SMILES string of the molecule is Cc1ccc(CSCC(=O)N2CC(CN)CC2C)cc1.Cl. The molecule has 2 rings (SSSR count). The Morgan fingerprint density at radius 1 is 1.38 bits per heavy atom. The molecule has 1 fully saturated rings. The summed E-state index contributed by atoms with van der Waals surface area (Å²) in [5.74, 6) is 2.20. The van der Waals surface area contributed by atoms with Crippen LogP contribution in [0.25, 0.3) is 0 Å². The van der Waals surface area contributed by atoms with Gasteiger partial charge >= 0.3 is 0 Å². The van der Waals surface area contributed by atoms with E-state index in [1.165, 1.54) is 11.1 Å². The van der Waals surface area contributed by atoms with Gasteiger partial charge in [-0.05, 0) is 38.3 Å². The third-order valence-electron chi connectivity index (χ3n) is 3.93. The number of benzene rings is 1. The molecule has 5 heteroatoms. The number of hydrogen-bond acceptors (Lipinski definition) is 3. The zero-order valence-corrected chi connectivity index (χ0v) is 14.4. The summed E-state index contributed by atoms with van der Waals surface area (Å²) in [6.45, 7) is 5.73. The van der Waals surface area contributed by atoms with Crippen molar-refractivity contribution in [2.45, 2.75) is 32.1 Å². The maximum atomic E-state index is 12.2. The van der Waals surface area contributed by atoms with Crippen molar-refractivity contribution < 1.29 is 4.79 Å². The number of aryl methyl sites for hydroxylation is 1. The van der Waals surface area contributed by atoms with Crippen LogP contribution in [0.3, 0.4) is 0 Å². The largest absolute Gasteiger partial charge is 0.339 e. The first-order chi connectivity index (χ1) is 9.60. The maximum Gasteiger partial charge on any atom is 0.232 e. The Bertz CT molecular complexity index is 452. The fourth-order valence-corrected chi connectivity index (χ4v) is 3.55. The van der Waals surface area contributed by atoms with Crippen LogP contribution >= 0.6 is 24.2 Å². The maximum absolute atomic E-state index is 12.2. The normalized spacial score (nSPS) is 21.2. The van der Waals surface area contributed by atoms with E-state index in [2.05, 4.69) is 38.1 Å². The Morgan fingerprint density at radius 2 is 2.05 bits per heavy atom. The molecule has 2 unspecified atom stereocenters. The minimum absolute atomic E-state index is 0. The highest BCUT2D eigenvalue weighted by Crippen LogP contribution is 2.23. The van der Waals surface area contributed by atoms with E-state index in [9.17, 15) is 4.79 Å². The Labute approximate surface area is 138 Å². The average molecular weight is 329 g/mol. The summed E-state index contributed by atoms with van der Waals surface area (Å²) in [7, 11) is 0. The monoisotopic (exact) mass is 328 g/mol. The van der Waals surface area contributed by atoms with Gasteiger partial charge in [-0.3, -0.25) is 4.79 Å². The number of nitrogens with two attached hydrogens (primary N) is 1. The van der Waals surface area contributed by atoms with Crippen LogP contribution in [0.15, 0.2) is 24.3 Å². The van der Waals surface area contributed by atoms with Crippen LogP contribution in [0.4, 0.5) is 0 Å². The fourth-order valence-electron chi connectivity index (χ4n) is 2.68. The van der Waals surface area contributed by atoms with Gasteiger partial charge in [0, 0.05) is 18.3 Å². The molecule has 0 saturated carbocycles. The van der Waals surface area contributed by atoms with Gasteiger partial charge < -0.3 is 10.6 Å². The molecule has 1 aliphatic heterocycles. The van der Waals surface area contributed by atoms with E-state index in [-0.39, 0.29) is 18.3 Å². The van der Waals surface area contributed by atoms with Crippen molar-refractivity contribution in [2.75, 3.05) is 18.8 Å².